The summed E-state index contributed by atoms with van der Waals surface area (Å²) in [4.78, 5) is 4.03. The topological polar surface area (TPSA) is 45.7 Å². The largest absolute Gasteiger partial charge is 0.492 e. The number of hydrogen-bond acceptors (Lipinski definition) is 2. The van der Waals surface area contributed by atoms with Gasteiger partial charge in [-0.1, -0.05) is 17.7 Å². The SMILES string of the molecule is CN=C(NCCOc1ccc(C)cc1)NCc1cc(F)ccc1F. The highest BCUT2D eigenvalue weighted by Crippen LogP contribution is 2.11. The minimum Gasteiger partial charge on any atom is -0.492 e. The van der Waals surface area contributed by atoms with Gasteiger partial charge in [-0.3, -0.25) is 4.99 Å². The first-order valence-corrected chi connectivity index (χ1v) is 7.66. The number of nitrogens with one attached hydrogen (secondary N) is 2. The molecule has 6 heteroatoms. The van der Waals surface area contributed by atoms with Gasteiger partial charge in [-0.2, -0.15) is 0 Å². The third kappa shape index (κ3) is 5.53. The minimum atomic E-state index is -0.470. The lowest BCUT2D eigenvalue weighted by Crippen LogP contribution is -2.39. The molecule has 2 aromatic rings. The Morgan fingerprint density at radius 2 is 1.83 bits per heavy atom. The fourth-order valence-electron chi connectivity index (χ4n) is 2.05. The molecule has 0 aliphatic carbocycles. The van der Waals surface area contributed by atoms with E-state index >= 15 is 0 Å². The molecule has 0 aliphatic heterocycles. The summed E-state index contributed by atoms with van der Waals surface area (Å²) in [7, 11) is 1.61. The van der Waals surface area contributed by atoms with Gasteiger partial charge in [0.1, 0.15) is 24.0 Å². The fraction of sp³-hybridized carbons (Fsp3) is 0.278. The molecule has 0 heterocycles. The molecule has 0 unspecified atom stereocenters. The Bertz CT molecular complexity index is 687. The zero-order valence-electron chi connectivity index (χ0n) is 13.8. The van der Waals surface area contributed by atoms with E-state index in [1.54, 1.807) is 7.05 Å². The second kappa shape index (κ2) is 8.86. The van der Waals surface area contributed by atoms with Gasteiger partial charge in [0, 0.05) is 19.2 Å². The maximum Gasteiger partial charge on any atom is 0.191 e. The molecule has 0 atom stereocenters. The molecule has 4 nitrogen and oxygen atoms in total. The Morgan fingerprint density at radius 1 is 1.08 bits per heavy atom. The molecule has 2 N–H and O–H groups in total. The van der Waals surface area contributed by atoms with Crippen LogP contribution < -0.4 is 15.4 Å². The van der Waals surface area contributed by atoms with Gasteiger partial charge in [0.25, 0.3) is 0 Å². The highest BCUT2D eigenvalue weighted by molar-refractivity contribution is 5.79. The van der Waals surface area contributed by atoms with Crippen LogP contribution in [0.15, 0.2) is 47.5 Å². The summed E-state index contributed by atoms with van der Waals surface area (Å²) in [5, 5.41) is 5.99. The van der Waals surface area contributed by atoms with Crippen LogP contribution in [0.5, 0.6) is 5.75 Å². The minimum absolute atomic E-state index is 0.141. The van der Waals surface area contributed by atoms with Gasteiger partial charge in [0.05, 0.1) is 6.54 Å². The lowest BCUT2D eigenvalue weighted by Gasteiger charge is -2.13. The van der Waals surface area contributed by atoms with Gasteiger partial charge in [-0.05, 0) is 37.3 Å². The average Bonchev–Trinajstić information content (AvgIpc) is 2.58. The number of halogens is 2. The van der Waals surface area contributed by atoms with Crippen LogP contribution in [-0.2, 0) is 6.54 Å². The summed E-state index contributed by atoms with van der Waals surface area (Å²) in [5.74, 6) is 0.364. The second-order valence-electron chi connectivity index (χ2n) is 5.25. The summed E-state index contributed by atoms with van der Waals surface area (Å²) in [6, 6.07) is 11.2. The summed E-state index contributed by atoms with van der Waals surface area (Å²) in [6.07, 6.45) is 0. The van der Waals surface area contributed by atoms with Crippen molar-refractivity contribution in [1.82, 2.24) is 10.6 Å². The van der Waals surface area contributed by atoms with Crippen LogP contribution in [-0.4, -0.2) is 26.2 Å². The molecule has 0 spiro atoms. The van der Waals surface area contributed by atoms with Crippen LogP contribution in [0.1, 0.15) is 11.1 Å². The second-order valence-corrected chi connectivity index (χ2v) is 5.25. The highest BCUT2D eigenvalue weighted by atomic mass is 19.1. The summed E-state index contributed by atoms with van der Waals surface area (Å²) in [5.41, 5.74) is 1.42. The number of aliphatic imine (C=N–C) groups is 1. The smallest absolute Gasteiger partial charge is 0.191 e. The molecule has 0 aromatic heterocycles. The van der Waals surface area contributed by atoms with Gasteiger partial charge < -0.3 is 15.4 Å². The number of hydrogen-bond donors (Lipinski definition) is 2. The van der Waals surface area contributed by atoms with E-state index in [1.165, 1.54) is 5.56 Å². The molecular weight excluding hydrogens is 312 g/mol. The van der Waals surface area contributed by atoms with Crippen LogP contribution in [0.25, 0.3) is 0 Å². The molecule has 128 valence electrons. The van der Waals surface area contributed by atoms with Crippen molar-refractivity contribution in [3.63, 3.8) is 0 Å². The molecular formula is C18H21F2N3O. The Morgan fingerprint density at radius 3 is 2.54 bits per heavy atom. The zero-order chi connectivity index (χ0) is 17.4. The molecule has 0 saturated heterocycles. The van der Waals surface area contributed by atoms with Crippen LogP contribution in [0.3, 0.4) is 0 Å². The Labute approximate surface area is 140 Å². The Kier molecular flexibility index (Phi) is 6.54. The van der Waals surface area contributed by atoms with Crippen molar-refractivity contribution >= 4 is 5.96 Å². The monoisotopic (exact) mass is 333 g/mol. The average molecular weight is 333 g/mol. The maximum absolute atomic E-state index is 13.6. The molecule has 2 aromatic carbocycles. The number of rotatable bonds is 6. The predicted octanol–water partition coefficient (Wildman–Crippen LogP) is 3.02. The molecule has 0 bridgehead atoms. The first-order chi connectivity index (χ1) is 11.6. The lowest BCUT2D eigenvalue weighted by molar-refractivity contribution is 0.322. The molecule has 24 heavy (non-hydrogen) atoms. The highest BCUT2D eigenvalue weighted by Gasteiger charge is 2.05. The third-order valence-corrected chi connectivity index (χ3v) is 3.36. The number of aryl methyl sites for hydroxylation is 1. The van der Waals surface area contributed by atoms with Crippen LogP contribution in [0, 0.1) is 18.6 Å². The van der Waals surface area contributed by atoms with Gasteiger partial charge in [0.15, 0.2) is 5.96 Å². The molecule has 2 rings (SSSR count). The Balaban J connectivity index is 1.74. The summed E-state index contributed by atoms with van der Waals surface area (Å²) < 4.78 is 32.3. The zero-order valence-corrected chi connectivity index (χ0v) is 13.8. The molecule has 0 fully saturated rings. The number of nitrogens with zero attached hydrogens (tertiary/aromatic N) is 1. The Hall–Kier alpha value is -2.63. The summed E-state index contributed by atoms with van der Waals surface area (Å²) >= 11 is 0. The molecule has 0 saturated carbocycles. The van der Waals surface area contributed by atoms with Crippen molar-refractivity contribution in [2.75, 3.05) is 20.2 Å². The van der Waals surface area contributed by atoms with Crippen molar-refractivity contribution in [3.8, 4) is 5.75 Å². The maximum atomic E-state index is 13.6. The van der Waals surface area contributed by atoms with E-state index in [0.29, 0.717) is 19.1 Å². The van der Waals surface area contributed by atoms with Crippen molar-refractivity contribution in [2.24, 2.45) is 4.99 Å². The van der Waals surface area contributed by atoms with Crippen molar-refractivity contribution in [2.45, 2.75) is 13.5 Å². The first-order valence-electron chi connectivity index (χ1n) is 7.66. The van der Waals surface area contributed by atoms with E-state index < -0.39 is 11.6 Å². The van der Waals surface area contributed by atoms with Crippen molar-refractivity contribution < 1.29 is 13.5 Å². The van der Waals surface area contributed by atoms with Gasteiger partial charge in [-0.15, -0.1) is 0 Å². The van der Waals surface area contributed by atoms with Crippen molar-refractivity contribution in [3.05, 3.63) is 65.2 Å². The van der Waals surface area contributed by atoms with E-state index in [9.17, 15) is 8.78 Å². The van der Waals surface area contributed by atoms with Crippen LogP contribution in [0.4, 0.5) is 8.78 Å². The fourth-order valence-corrected chi connectivity index (χ4v) is 2.05. The standard InChI is InChI=1S/C18H21F2N3O/c1-13-3-6-16(7-4-13)24-10-9-22-18(21-2)23-12-14-11-15(19)5-8-17(14)20/h3-8,11H,9-10,12H2,1-2H3,(H2,21,22,23). The van der Waals surface area contributed by atoms with Gasteiger partial charge >= 0.3 is 0 Å². The van der Waals surface area contributed by atoms with E-state index in [1.807, 2.05) is 31.2 Å². The molecule has 0 aliphatic rings. The third-order valence-electron chi connectivity index (χ3n) is 3.36. The van der Waals surface area contributed by atoms with Gasteiger partial charge in [0.2, 0.25) is 0 Å². The van der Waals surface area contributed by atoms with E-state index in [2.05, 4.69) is 15.6 Å². The van der Waals surface area contributed by atoms with E-state index in [4.69, 9.17) is 4.74 Å². The first kappa shape index (κ1) is 17.7. The van der Waals surface area contributed by atoms with Gasteiger partial charge in [-0.25, -0.2) is 8.78 Å². The van der Waals surface area contributed by atoms with Crippen LogP contribution in [0.2, 0.25) is 0 Å². The number of benzene rings is 2. The van der Waals surface area contributed by atoms with E-state index in [-0.39, 0.29) is 12.1 Å². The molecule has 0 amide bonds. The predicted molar refractivity (Wildman–Crippen MR) is 91.2 cm³/mol. The number of guanidine groups is 1. The van der Waals surface area contributed by atoms with Crippen molar-refractivity contribution in [1.29, 1.82) is 0 Å². The lowest BCUT2D eigenvalue weighted by atomic mass is 10.2. The van der Waals surface area contributed by atoms with E-state index in [0.717, 1.165) is 23.9 Å². The van der Waals surface area contributed by atoms with Crippen LogP contribution >= 0.6 is 0 Å². The quantitative estimate of drug-likeness (QED) is 0.485. The normalized spacial score (nSPS) is 11.2. The molecule has 0 radical (unpaired) electrons. The number of ether oxygens (including phenoxy) is 1. The summed E-state index contributed by atoms with van der Waals surface area (Å²) in [6.45, 7) is 3.14.